The number of anilines is 1. The number of carbonyl (C=O) groups excluding carboxylic acids is 2. The van der Waals surface area contributed by atoms with E-state index in [1.165, 1.54) is 0 Å². The molecule has 0 spiro atoms. The summed E-state index contributed by atoms with van der Waals surface area (Å²) >= 11 is 0. The number of rotatable bonds is 9. The SMILES string of the molecule is CC(=O)CCCCCC(C(N)=O)c1ccc(N2CCOCC2)cc1. The minimum absolute atomic E-state index is 0.222. The van der Waals surface area contributed by atoms with Gasteiger partial charge in [-0.15, -0.1) is 0 Å². The van der Waals surface area contributed by atoms with Gasteiger partial charge in [0, 0.05) is 25.2 Å². The fourth-order valence-corrected chi connectivity index (χ4v) is 3.11. The van der Waals surface area contributed by atoms with Gasteiger partial charge in [0.2, 0.25) is 5.91 Å². The molecule has 5 heteroatoms. The Balaban J connectivity index is 1.90. The Labute approximate surface area is 144 Å². The van der Waals surface area contributed by atoms with E-state index in [1.807, 2.05) is 12.1 Å². The summed E-state index contributed by atoms with van der Waals surface area (Å²) < 4.78 is 5.37. The summed E-state index contributed by atoms with van der Waals surface area (Å²) in [6.07, 6.45) is 4.11. The zero-order chi connectivity index (χ0) is 17.4. The zero-order valence-corrected chi connectivity index (χ0v) is 14.5. The van der Waals surface area contributed by atoms with Crippen molar-refractivity contribution in [2.75, 3.05) is 31.2 Å². The quantitative estimate of drug-likeness (QED) is 0.706. The van der Waals surface area contributed by atoms with Gasteiger partial charge in [-0.25, -0.2) is 0 Å². The van der Waals surface area contributed by atoms with Crippen molar-refractivity contribution in [3.05, 3.63) is 29.8 Å². The lowest BCUT2D eigenvalue weighted by Gasteiger charge is -2.29. The lowest BCUT2D eigenvalue weighted by Crippen LogP contribution is -2.36. The first-order valence-electron chi connectivity index (χ1n) is 8.79. The molecule has 1 aliphatic rings. The topological polar surface area (TPSA) is 72.6 Å². The smallest absolute Gasteiger partial charge is 0.224 e. The van der Waals surface area contributed by atoms with E-state index in [-0.39, 0.29) is 17.6 Å². The van der Waals surface area contributed by atoms with Crippen molar-refractivity contribution in [3.8, 4) is 0 Å². The maximum absolute atomic E-state index is 11.8. The molecule has 1 atom stereocenters. The molecule has 5 nitrogen and oxygen atoms in total. The molecule has 0 aliphatic carbocycles. The van der Waals surface area contributed by atoms with E-state index in [4.69, 9.17) is 10.5 Å². The Morgan fingerprint density at radius 1 is 1.12 bits per heavy atom. The third-order valence-corrected chi connectivity index (χ3v) is 4.54. The fourth-order valence-electron chi connectivity index (χ4n) is 3.11. The number of benzene rings is 1. The molecule has 0 aromatic heterocycles. The number of nitrogens with two attached hydrogens (primary N) is 1. The van der Waals surface area contributed by atoms with Crippen LogP contribution in [0.15, 0.2) is 24.3 Å². The van der Waals surface area contributed by atoms with Crippen LogP contribution >= 0.6 is 0 Å². The van der Waals surface area contributed by atoms with E-state index in [2.05, 4.69) is 17.0 Å². The first-order chi connectivity index (χ1) is 11.6. The number of hydrogen-bond donors (Lipinski definition) is 1. The fraction of sp³-hybridized carbons (Fsp3) is 0.579. The summed E-state index contributed by atoms with van der Waals surface area (Å²) in [5.41, 5.74) is 7.73. The highest BCUT2D eigenvalue weighted by atomic mass is 16.5. The maximum atomic E-state index is 11.8. The van der Waals surface area contributed by atoms with Crippen LogP contribution in [0.1, 0.15) is 50.5 Å². The van der Waals surface area contributed by atoms with Crippen molar-refractivity contribution >= 4 is 17.4 Å². The molecule has 2 rings (SSSR count). The van der Waals surface area contributed by atoms with Gasteiger partial charge in [-0.2, -0.15) is 0 Å². The molecule has 1 saturated heterocycles. The van der Waals surface area contributed by atoms with Gasteiger partial charge in [0.05, 0.1) is 19.1 Å². The number of primary amides is 1. The van der Waals surface area contributed by atoms with Crippen LogP contribution in [0.25, 0.3) is 0 Å². The molecule has 1 aliphatic heterocycles. The second-order valence-electron chi connectivity index (χ2n) is 6.45. The van der Waals surface area contributed by atoms with Gasteiger partial charge in [-0.3, -0.25) is 4.79 Å². The molecule has 1 heterocycles. The number of amides is 1. The molecule has 0 radical (unpaired) electrons. The van der Waals surface area contributed by atoms with Gasteiger partial charge in [-0.1, -0.05) is 25.0 Å². The zero-order valence-electron chi connectivity index (χ0n) is 14.5. The highest BCUT2D eigenvalue weighted by Crippen LogP contribution is 2.25. The Bertz CT molecular complexity index is 536. The molecule has 1 fully saturated rings. The Morgan fingerprint density at radius 2 is 1.79 bits per heavy atom. The van der Waals surface area contributed by atoms with Crippen molar-refractivity contribution in [1.29, 1.82) is 0 Å². The van der Waals surface area contributed by atoms with E-state index < -0.39 is 0 Å². The van der Waals surface area contributed by atoms with Crippen molar-refractivity contribution in [1.82, 2.24) is 0 Å². The minimum Gasteiger partial charge on any atom is -0.378 e. The van der Waals surface area contributed by atoms with Crippen LogP contribution in [0.3, 0.4) is 0 Å². The van der Waals surface area contributed by atoms with Gasteiger partial charge in [0.25, 0.3) is 0 Å². The van der Waals surface area contributed by atoms with Crippen LogP contribution in [-0.4, -0.2) is 38.0 Å². The molecule has 132 valence electrons. The van der Waals surface area contributed by atoms with Crippen LogP contribution in [-0.2, 0) is 14.3 Å². The molecule has 1 amide bonds. The van der Waals surface area contributed by atoms with E-state index in [1.54, 1.807) is 6.92 Å². The molecular weight excluding hydrogens is 304 g/mol. The van der Waals surface area contributed by atoms with Crippen molar-refractivity contribution in [2.24, 2.45) is 5.73 Å². The molecule has 2 N–H and O–H groups in total. The number of carbonyl (C=O) groups is 2. The first kappa shape index (κ1) is 18.5. The second kappa shape index (κ2) is 9.42. The van der Waals surface area contributed by atoms with E-state index >= 15 is 0 Å². The number of morpholine rings is 1. The highest BCUT2D eigenvalue weighted by Gasteiger charge is 2.18. The number of unbranched alkanes of at least 4 members (excludes halogenated alkanes) is 2. The lowest BCUT2D eigenvalue weighted by molar-refractivity contribution is -0.120. The number of ketones is 1. The first-order valence-corrected chi connectivity index (χ1v) is 8.79. The van der Waals surface area contributed by atoms with Crippen LogP contribution in [0.5, 0.6) is 0 Å². The van der Waals surface area contributed by atoms with E-state index in [0.717, 1.165) is 63.2 Å². The molecule has 24 heavy (non-hydrogen) atoms. The number of hydrogen-bond acceptors (Lipinski definition) is 4. The molecule has 1 aromatic carbocycles. The van der Waals surface area contributed by atoms with Crippen LogP contribution in [0, 0.1) is 0 Å². The van der Waals surface area contributed by atoms with Crippen molar-refractivity contribution in [3.63, 3.8) is 0 Å². The highest BCUT2D eigenvalue weighted by molar-refractivity contribution is 5.82. The molecular formula is C19H28N2O3. The minimum atomic E-state index is -0.277. The van der Waals surface area contributed by atoms with Gasteiger partial charge >= 0.3 is 0 Å². The molecule has 0 bridgehead atoms. The largest absolute Gasteiger partial charge is 0.378 e. The maximum Gasteiger partial charge on any atom is 0.224 e. The summed E-state index contributed by atoms with van der Waals surface area (Å²) in [7, 11) is 0. The van der Waals surface area contributed by atoms with E-state index in [0.29, 0.717) is 6.42 Å². The lowest BCUT2D eigenvalue weighted by atomic mass is 9.92. The van der Waals surface area contributed by atoms with Crippen molar-refractivity contribution in [2.45, 2.75) is 44.9 Å². The summed E-state index contributed by atoms with van der Waals surface area (Å²) in [6.45, 7) is 4.92. The van der Waals surface area contributed by atoms with Crippen LogP contribution in [0.2, 0.25) is 0 Å². The third kappa shape index (κ3) is 5.64. The summed E-state index contributed by atoms with van der Waals surface area (Å²) in [6, 6.07) is 8.14. The normalized spacial score (nSPS) is 16.0. The van der Waals surface area contributed by atoms with Gasteiger partial charge in [-0.05, 0) is 37.5 Å². The number of Topliss-reactive ketones (excluding diaryl/α,β-unsaturated/α-hetero) is 1. The standard InChI is InChI=1S/C19H28N2O3/c1-15(22)5-3-2-4-6-18(19(20)23)16-7-9-17(10-8-16)21-11-13-24-14-12-21/h7-10,18H,2-6,11-14H2,1H3,(H2,20,23). The molecule has 1 aromatic rings. The average molecular weight is 332 g/mol. The van der Waals surface area contributed by atoms with Crippen molar-refractivity contribution < 1.29 is 14.3 Å². The Kier molecular flexibility index (Phi) is 7.25. The van der Waals surface area contributed by atoms with Gasteiger partial charge < -0.3 is 20.2 Å². The molecule has 1 unspecified atom stereocenters. The predicted molar refractivity (Wildman–Crippen MR) is 95.2 cm³/mol. The second-order valence-corrected chi connectivity index (χ2v) is 6.45. The monoisotopic (exact) mass is 332 g/mol. The average Bonchev–Trinajstić information content (AvgIpc) is 2.58. The predicted octanol–water partition coefficient (Wildman–Crippen LogP) is 2.63. The van der Waals surface area contributed by atoms with Gasteiger partial charge in [0.1, 0.15) is 5.78 Å². The summed E-state index contributed by atoms with van der Waals surface area (Å²) in [5, 5.41) is 0. The Hall–Kier alpha value is -1.88. The summed E-state index contributed by atoms with van der Waals surface area (Å²) in [5.74, 6) is -0.304. The van der Waals surface area contributed by atoms with Crippen LogP contribution < -0.4 is 10.6 Å². The third-order valence-electron chi connectivity index (χ3n) is 4.54. The number of ether oxygens (including phenoxy) is 1. The Morgan fingerprint density at radius 3 is 2.38 bits per heavy atom. The van der Waals surface area contributed by atoms with Crippen LogP contribution in [0.4, 0.5) is 5.69 Å². The number of nitrogens with zero attached hydrogens (tertiary/aromatic N) is 1. The van der Waals surface area contributed by atoms with E-state index in [9.17, 15) is 9.59 Å². The summed E-state index contributed by atoms with van der Waals surface area (Å²) in [4.78, 5) is 25.0. The van der Waals surface area contributed by atoms with Gasteiger partial charge in [0.15, 0.2) is 0 Å². The molecule has 0 saturated carbocycles.